The molecule has 12 rings (SSSR count). The third-order valence-corrected chi connectivity index (χ3v) is 12.8. The fourth-order valence-corrected chi connectivity index (χ4v) is 9.29. The van der Waals surface area contributed by atoms with Gasteiger partial charge in [0.2, 0.25) is 0 Å². The minimum atomic E-state index is 0. The van der Waals surface area contributed by atoms with Gasteiger partial charge in [0.1, 0.15) is 0 Å². The molecule has 3 heterocycles. The second-order valence-corrected chi connectivity index (χ2v) is 17.1. The molecule has 0 aliphatic rings. The Morgan fingerprint density at radius 2 is 0.718 bits per heavy atom. The zero-order chi connectivity index (χ0) is 46.6. The molecule has 5 nitrogen and oxygen atoms in total. The Bertz CT molecular complexity index is 3610. The SMILES string of the molecule is [Ir+3].[c-]1ccc(-c2ccc(-c3ccccc3)cc2)cc1-c1ccc(-c2ccccc2-c2cc(-c3ccccc3-c3cnn(-c4[c-]cccc4)c3)cc(-c3ccccc3-c3cnn(-c4[c-]cccc4)c3)c2)cn1. The molecular formula is C65H42IrN5. The Labute approximate surface area is 427 Å². The van der Waals surface area contributed by atoms with Gasteiger partial charge in [0, 0.05) is 29.7 Å². The van der Waals surface area contributed by atoms with Crippen LogP contribution in [0.2, 0.25) is 0 Å². The van der Waals surface area contributed by atoms with Gasteiger partial charge < -0.3 is 4.98 Å². The first-order valence-corrected chi connectivity index (χ1v) is 23.3. The van der Waals surface area contributed by atoms with E-state index in [4.69, 9.17) is 15.2 Å². The summed E-state index contributed by atoms with van der Waals surface area (Å²) in [5, 5.41) is 9.53. The van der Waals surface area contributed by atoms with Crippen LogP contribution in [-0.4, -0.2) is 24.5 Å². The van der Waals surface area contributed by atoms with E-state index >= 15 is 0 Å². The molecule has 12 aromatic rings. The molecule has 3 aromatic heterocycles. The smallest absolute Gasteiger partial charge is 0.304 e. The van der Waals surface area contributed by atoms with E-state index < -0.39 is 0 Å². The minimum absolute atomic E-state index is 0. The zero-order valence-electron chi connectivity index (χ0n) is 38.3. The minimum Gasteiger partial charge on any atom is -0.304 e. The van der Waals surface area contributed by atoms with Crippen molar-refractivity contribution in [2.45, 2.75) is 0 Å². The summed E-state index contributed by atoms with van der Waals surface area (Å²) in [7, 11) is 0. The van der Waals surface area contributed by atoms with Gasteiger partial charge in [-0.25, -0.2) is 0 Å². The summed E-state index contributed by atoms with van der Waals surface area (Å²) >= 11 is 0. The van der Waals surface area contributed by atoms with Crippen molar-refractivity contribution >= 4 is 0 Å². The first-order valence-electron chi connectivity index (χ1n) is 23.3. The number of pyridine rings is 1. The summed E-state index contributed by atoms with van der Waals surface area (Å²) in [6.07, 6.45) is 10.0. The number of benzene rings is 9. The average Bonchev–Trinajstić information content (AvgIpc) is 4.16. The number of para-hydroxylation sites is 2. The molecule has 0 spiro atoms. The van der Waals surface area contributed by atoms with Crippen molar-refractivity contribution in [1.82, 2.24) is 24.5 Å². The standard InChI is InChI=1S/C65H42N5.Ir/c1-4-17-46(18-5-1)47-31-33-48(34-32-47)49-19-16-20-50(37-49)65-36-35-51(41-66-65)59-25-10-11-26-60(59)52-38-53(61-27-12-14-29-63(61)55-42-67-69(44-55)57-21-6-2-7-22-57)40-54(39-52)62-28-13-15-30-64(62)56-43-68-70(45-56)58-23-8-3-9-24-58;/h1-19,21,23,25-45H;/q-3;+3. The topological polar surface area (TPSA) is 48.5 Å². The predicted molar refractivity (Wildman–Crippen MR) is 284 cm³/mol. The molecular weight excluding hydrogens is 1040 g/mol. The van der Waals surface area contributed by atoms with Gasteiger partial charge in [0.05, 0.1) is 12.4 Å². The number of nitrogens with zero attached hydrogens (tertiary/aromatic N) is 5. The van der Waals surface area contributed by atoms with Crippen LogP contribution in [0.4, 0.5) is 0 Å². The predicted octanol–water partition coefficient (Wildman–Crippen LogP) is 15.9. The Morgan fingerprint density at radius 1 is 0.296 bits per heavy atom. The molecule has 0 saturated heterocycles. The van der Waals surface area contributed by atoms with E-state index in [9.17, 15) is 0 Å². The van der Waals surface area contributed by atoms with E-state index in [-0.39, 0.29) is 20.1 Å². The van der Waals surface area contributed by atoms with Crippen LogP contribution in [0.5, 0.6) is 0 Å². The number of rotatable bonds is 11. The van der Waals surface area contributed by atoms with E-state index in [1.807, 2.05) is 88.6 Å². The maximum Gasteiger partial charge on any atom is 3.00 e. The van der Waals surface area contributed by atoms with Gasteiger partial charge in [-0.15, -0.1) is 47.5 Å². The number of aromatic nitrogens is 5. The maximum absolute atomic E-state index is 5.07. The third kappa shape index (κ3) is 9.26. The Kier molecular flexibility index (Phi) is 12.6. The summed E-state index contributed by atoms with van der Waals surface area (Å²) in [6.45, 7) is 0. The molecule has 0 aliphatic carbocycles. The summed E-state index contributed by atoms with van der Waals surface area (Å²) in [5.74, 6) is 0. The van der Waals surface area contributed by atoms with Crippen LogP contribution in [0.15, 0.2) is 255 Å². The van der Waals surface area contributed by atoms with E-state index in [2.05, 4.69) is 194 Å². The van der Waals surface area contributed by atoms with E-state index in [1.165, 1.54) is 11.1 Å². The fourth-order valence-electron chi connectivity index (χ4n) is 9.29. The van der Waals surface area contributed by atoms with Crippen LogP contribution in [0.3, 0.4) is 0 Å². The number of hydrogen-bond donors (Lipinski definition) is 0. The van der Waals surface area contributed by atoms with Gasteiger partial charge in [-0.3, -0.25) is 9.36 Å². The molecule has 0 unspecified atom stereocenters. The molecule has 0 atom stereocenters. The van der Waals surface area contributed by atoms with Gasteiger partial charge in [-0.1, -0.05) is 140 Å². The van der Waals surface area contributed by atoms with Gasteiger partial charge in [0.25, 0.3) is 0 Å². The average molecular weight is 1090 g/mol. The molecule has 6 heteroatoms. The molecule has 0 bridgehead atoms. The molecule has 0 amide bonds. The monoisotopic (exact) mass is 1090 g/mol. The maximum atomic E-state index is 5.07. The van der Waals surface area contributed by atoms with Crippen molar-refractivity contribution in [3.8, 4) is 112 Å². The molecule has 71 heavy (non-hydrogen) atoms. The summed E-state index contributed by atoms with van der Waals surface area (Å²) in [5.41, 5.74) is 21.1. The van der Waals surface area contributed by atoms with Crippen molar-refractivity contribution in [2.75, 3.05) is 0 Å². The van der Waals surface area contributed by atoms with E-state index in [0.29, 0.717) is 0 Å². The van der Waals surface area contributed by atoms with E-state index in [1.54, 1.807) is 0 Å². The Morgan fingerprint density at radius 3 is 1.18 bits per heavy atom. The molecule has 9 aromatic carbocycles. The van der Waals surface area contributed by atoms with Crippen molar-refractivity contribution in [3.63, 3.8) is 0 Å². The van der Waals surface area contributed by atoms with Crippen LogP contribution in [-0.2, 0) is 20.1 Å². The zero-order valence-corrected chi connectivity index (χ0v) is 40.7. The molecule has 0 aliphatic heterocycles. The van der Waals surface area contributed by atoms with E-state index in [0.717, 1.165) is 101 Å². The molecule has 0 saturated carbocycles. The third-order valence-electron chi connectivity index (χ3n) is 12.8. The second kappa shape index (κ2) is 20.0. The van der Waals surface area contributed by atoms with Gasteiger partial charge in [-0.05, 0) is 108 Å². The van der Waals surface area contributed by atoms with Crippen molar-refractivity contribution in [2.24, 2.45) is 0 Å². The summed E-state index contributed by atoms with van der Waals surface area (Å²) < 4.78 is 3.76. The van der Waals surface area contributed by atoms with Crippen LogP contribution < -0.4 is 0 Å². The second-order valence-electron chi connectivity index (χ2n) is 17.1. The Hall–Kier alpha value is -8.80. The van der Waals surface area contributed by atoms with Gasteiger partial charge >= 0.3 is 20.1 Å². The largest absolute Gasteiger partial charge is 3.00 e. The Balaban J connectivity index is 0.00000547. The molecule has 336 valence electrons. The first kappa shape index (κ1) is 44.7. The van der Waals surface area contributed by atoms with Crippen LogP contribution in [0, 0.1) is 18.2 Å². The summed E-state index contributed by atoms with van der Waals surface area (Å²) in [6, 6.07) is 88.4. The van der Waals surface area contributed by atoms with Gasteiger partial charge in [0.15, 0.2) is 0 Å². The van der Waals surface area contributed by atoms with Crippen LogP contribution in [0.1, 0.15) is 0 Å². The van der Waals surface area contributed by atoms with Crippen molar-refractivity contribution in [1.29, 1.82) is 0 Å². The van der Waals surface area contributed by atoms with Crippen LogP contribution >= 0.6 is 0 Å². The first-order chi connectivity index (χ1) is 34.7. The van der Waals surface area contributed by atoms with Crippen molar-refractivity contribution < 1.29 is 20.1 Å². The molecule has 0 radical (unpaired) electrons. The number of hydrogen-bond acceptors (Lipinski definition) is 3. The fraction of sp³-hybridized carbons (Fsp3) is 0. The van der Waals surface area contributed by atoms with Crippen molar-refractivity contribution in [3.05, 3.63) is 274 Å². The normalized spacial score (nSPS) is 11.0. The van der Waals surface area contributed by atoms with Crippen LogP contribution in [0.25, 0.3) is 112 Å². The molecule has 0 N–H and O–H groups in total. The summed E-state index contributed by atoms with van der Waals surface area (Å²) in [4.78, 5) is 5.07. The van der Waals surface area contributed by atoms with Gasteiger partial charge in [-0.2, -0.15) is 58.7 Å². The molecule has 0 fully saturated rings. The quantitative estimate of drug-likeness (QED) is 0.121.